The van der Waals surface area contributed by atoms with Gasteiger partial charge in [0.15, 0.2) is 0 Å². The van der Waals surface area contributed by atoms with Gasteiger partial charge in [0.25, 0.3) is 0 Å². The van der Waals surface area contributed by atoms with Crippen LogP contribution in [0.1, 0.15) is 33.6 Å². The van der Waals surface area contributed by atoms with Crippen LogP contribution in [-0.2, 0) is 4.79 Å². The third kappa shape index (κ3) is 3.77. The second kappa shape index (κ2) is 6.94. The Kier molecular flexibility index (Phi) is 5.42. The van der Waals surface area contributed by atoms with Gasteiger partial charge < -0.3 is 15.7 Å². The lowest BCUT2D eigenvalue weighted by molar-refractivity contribution is -0.127. The van der Waals surface area contributed by atoms with Crippen LogP contribution < -0.4 is 5.73 Å². The van der Waals surface area contributed by atoms with Gasteiger partial charge in [0, 0.05) is 38.9 Å². The van der Waals surface area contributed by atoms with Crippen LogP contribution in [0.2, 0.25) is 0 Å². The van der Waals surface area contributed by atoms with Crippen LogP contribution in [0.15, 0.2) is 23.3 Å². The van der Waals surface area contributed by atoms with Crippen LogP contribution in [0.25, 0.3) is 0 Å². The number of nitrogens with two attached hydrogens (primary N) is 1. The number of hydrogen-bond acceptors (Lipinski definition) is 4. The molecule has 1 fully saturated rings. The van der Waals surface area contributed by atoms with Gasteiger partial charge in [-0.05, 0) is 36.3 Å². The van der Waals surface area contributed by atoms with Gasteiger partial charge in [-0.15, -0.1) is 0 Å². The molecule has 1 heterocycles. The Morgan fingerprint density at radius 2 is 2.00 bits per heavy atom. The molecule has 1 aliphatic carbocycles. The molecule has 1 atom stereocenters. The van der Waals surface area contributed by atoms with E-state index in [2.05, 4.69) is 18.7 Å². The molecule has 0 bridgehead atoms. The Balaban J connectivity index is 2.04. The van der Waals surface area contributed by atoms with Crippen molar-refractivity contribution in [1.29, 1.82) is 0 Å². The largest absolute Gasteiger partial charge is 0.389 e. The summed E-state index contributed by atoms with van der Waals surface area (Å²) in [6.45, 7) is 9.99. The predicted octanol–water partition coefficient (Wildman–Crippen LogP) is 1.10. The molecular formula is C17H29N3O2. The van der Waals surface area contributed by atoms with E-state index in [9.17, 15) is 9.90 Å². The van der Waals surface area contributed by atoms with E-state index in [1.165, 1.54) is 0 Å². The second-order valence-corrected chi connectivity index (χ2v) is 6.99. The summed E-state index contributed by atoms with van der Waals surface area (Å²) in [5.41, 5.74) is 7.72. The molecule has 2 aliphatic rings. The molecule has 0 aromatic heterocycles. The van der Waals surface area contributed by atoms with Crippen LogP contribution in [-0.4, -0.2) is 59.8 Å². The molecule has 1 aliphatic heterocycles. The van der Waals surface area contributed by atoms with Crippen molar-refractivity contribution in [2.45, 2.75) is 39.7 Å². The molecule has 22 heavy (non-hydrogen) atoms. The number of hydrogen-bond donors (Lipinski definition) is 2. The number of amides is 1. The zero-order valence-electron chi connectivity index (χ0n) is 14.0. The van der Waals surface area contributed by atoms with Gasteiger partial charge in [0.05, 0.1) is 6.10 Å². The number of piperazine rings is 1. The van der Waals surface area contributed by atoms with Gasteiger partial charge in [-0.2, -0.15) is 0 Å². The molecule has 1 amide bonds. The molecule has 5 nitrogen and oxygen atoms in total. The highest BCUT2D eigenvalue weighted by Crippen LogP contribution is 2.40. The fourth-order valence-electron chi connectivity index (χ4n) is 3.33. The third-order valence-electron chi connectivity index (χ3n) is 5.03. The lowest BCUT2D eigenvalue weighted by atomic mass is 9.71. The van der Waals surface area contributed by atoms with Crippen molar-refractivity contribution in [2.24, 2.45) is 11.1 Å². The summed E-state index contributed by atoms with van der Waals surface area (Å²) in [5, 5.41) is 10.0. The molecule has 5 heteroatoms. The highest BCUT2D eigenvalue weighted by Gasteiger charge is 2.31. The summed E-state index contributed by atoms with van der Waals surface area (Å²) in [5.74, 6) is 0.0489. The van der Waals surface area contributed by atoms with E-state index in [1.54, 1.807) is 6.08 Å². The smallest absolute Gasteiger partial charge is 0.246 e. The Hall–Kier alpha value is -1.17. The lowest BCUT2D eigenvalue weighted by Crippen LogP contribution is -2.49. The normalized spacial score (nSPS) is 26.8. The van der Waals surface area contributed by atoms with E-state index in [-0.39, 0.29) is 17.4 Å². The number of rotatable bonds is 3. The summed E-state index contributed by atoms with van der Waals surface area (Å²) < 4.78 is 0. The second-order valence-electron chi connectivity index (χ2n) is 6.99. The Morgan fingerprint density at radius 3 is 2.59 bits per heavy atom. The maximum Gasteiger partial charge on any atom is 0.246 e. The number of aliphatic hydroxyl groups is 1. The highest BCUT2D eigenvalue weighted by molar-refractivity contribution is 5.88. The standard InChI is InChI=1S/C17H29N3O2/c1-13-14(17(2,3)7-6-15(13)21)4-5-16(22)20-10-8-19(12-18)9-11-20/h4-5,15,21H,6-12,18H2,1-3H3/b5-4+. The van der Waals surface area contributed by atoms with E-state index in [4.69, 9.17) is 5.73 Å². The topological polar surface area (TPSA) is 69.8 Å². The Morgan fingerprint density at radius 1 is 1.36 bits per heavy atom. The summed E-state index contributed by atoms with van der Waals surface area (Å²) in [4.78, 5) is 16.3. The fraction of sp³-hybridized carbons (Fsp3) is 0.706. The predicted molar refractivity (Wildman–Crippen MR) is 88.1 cm³/mol. The van der Waals surface area contributed by atoms with Gasteiger partial charge in [0.2, 0.25) is 5.91 Å². The molecule has 1 unspecified atom stereocenters. The number of nitrogens with zero attached hydrogens (tertiary/aromatic N) is 2. The van der Waals surface area contributed by atoms with Gasteiger partial charge in [0.1, 0.15) is 0 Å². The van der Waals surface area contributed by atoms with Crippen LogP contribution in [0.4, 0.5) is 0 Å². The zero-order valence-corrected chi connectivity index (χ0v) is 14.0. The van der Waals surface area contributed by atoms with Crippen molar-refractivity contribution in [3.63, 3.8) is 0 Å². The van der Waals surface area contributed by atoms with E-state index in [0.717, 1.165) is 50.2 Å². The first-order valence-electron chi connectivity index (χ1n) is 8.14. The minimum Gasteiger partial charge on any atom is -0.389 e. The van der Waals surface area contributed by atoms with Crippen LogP contribution in [0.3, 0.4) is 0 Å². The van der Waals surface area contributed by atoms with Gasteiger partial charge in [-0.3, -0.25) is 9.69 Å². The molecule has 2 rings (SSSR count). The van der Waals surface area contributed by atoms with Gasteiger partial charge in [-0.25, -0.2) is 0 Å². The number of carbonyl (C=O) groups is 1. The molecule has 0 saturated carbocycles. The van der Waals surface area contributed by atoms with Crippen LogP contribution >= 0.6 is 0 Å². The van der Waals surface area contributed by atoms with Crippen LogP contribution in [0, 0.1) is 5.41 Å². The van der Waals surface area contributed by atoms with Crippen molar-refractivity contribution in [3.8, 4) is 0 Å². The Bertz CT molecular complexity index is 474. The fourth-order valence-corrected chi connectivity index (χ4v) is 3.33. The molecular weight excluding hydrogens is 278 g/mol. The molecule has 0 spiro atoms. The summed E-state index contributed by atoms with van der Waals surface area (Å²) in [6.07, 6.45) is 4.93. The van der Waals surface area contributed by atoms with Crippen molar-refractivity contribution in [3.05, 3.63) is 23.3 Å². The number of aliphatic hydroxyl groups excluding tert-OH is 1. The average Bonchev–Trinajstić information content (AvgIpc) is 2.51. The number of carbonyl (C=O) groups excluding carboxylic acids is 1. The van der Waals surface area contributed by atoms with Crippen molar-refractivity contribution < 1.29 is 9.90 Å². The SMILES string of the molecule is CC1=C(/C=C/C(=O)N2CCN(CN)CC2)C(C)(C)CCC1O. The average molecular weight is 307 g/mol. The third-order valence-corrected chi connectivity index (χ3v) is 5.03. The minimum atomic E-state index is -0.379. The first-order valence-corrected chi connectivity index (χ1v) is 8.14. The quantitative estimate of drug-likeness (QED) is 0.766. The lowest BCUT2D eigenvalue weighted by Gasteiger charge is -2.36. The molecule has 124 valence electrons. The van der Waals surface area contributed by atoms with E-state index in [0.29, 0.717) is 6.67 Å². The summed E-state index contributed by atoms with van der Waals surface area (Å²) in [7, 11) is 0. The molecule has 1 saturated heterocycles. The van der Waals surface area contributed by atoms with Crippen molar-refractivity contribution in [2.75, 3.05) is 32.8 Å². The van der Waals surface area contributed by atoms with Crippen molar-refractivity contribution >= 4 is 5.91 Å². The maximum atomic E-state index is 12.3. The van der Waals surface area contributed by atoms with Crippen LogP contribution in [0.5, 0.6) is 0 Å². The first-order chi connectivity index (χ1) is 10.3. The maximum absolute atomic E-state index is 12.3. The van der Waals surface area contributed by atoms with Gasteiger partial charge in [-0.1, -0.05) is 19.9 Å². The summed E-state index contributed by atoms with van der Waals surface area (Å²) >= 11 is 0. The first kappa shape index (κ1) is 17.2. The van der Waals surface area contributed by atoms with E-state index < -0.39 is 0 Å². The monoisotopic (exact) mass is 307 g/mol. The molecule has 3 N–H and O–H groups in total. The molecule has 0 radical (unpaired) electrons. The van der Waals surface area contributed by atoms with Crippen molar-refractivity contribution in [1.82, 2.24) is 9.80 Å². The molecule has 0 aromatic carbocycles. The molecule has 0 aromatic rings. The van der Waals surface area contributed by atoms with E-state index in [1.807, 2.05) is 17.9 Å². The highest BCUT2D eigenvalue weighted by atomic mass is 16.3. The van der Waals surface area contributed by atoms with Gasteiger partial charge >= 0.3 is 0 Å². The Labute approximate surface area is 133 Å². The summed E-state index contributed by atoms with van der Waals surface area (Å²) in [6, 6.07) is 0. The zero-order chi connectivity index (χ0) is 16.3. The van der Waals surface area contributed by atoms with E-state index >= 15 is 0 Å². The number of allylic oxidation sites excluding steroid dienone is 2. The minimum absolute atomic E-state index is 0.0122.